The first-order valence-corrected chi connectivity index (χ1v) is 11.3. The molecule has 1 amide bonds. The Hall–Kier alpha value is -2.48. The molecule has 29 heavy (non-hydrogen) atoms. The van der Waals surface area contributed by atoms with Crippen molar-refractivity contribution in [1.82, 2.24) is 4.31 Å². The Bertz CT molecular complexity index is 1240. The third-order valence-electron chi connectivity index (χ3n) is 5.02. The van der Waals surface area contributed by atoms with Gasteiger partial charge in [-0.15, -0.1) is 0 Å². The Morgan fingerprint density at radius 3 is 2.45 bits per heavy atom. The van der Waals surface area contributed by atoms with Crippen molar-refractivity contribution in [2.45, 2.75) is 11.3 Å². The molecule has 3 aromatic carbocycles. The molecule has 0 fully saturated rings. The Kier molecular flexibility index (Phi) is 5.06. The second-order valence-corrected chi connectivity index (χ2v) is 10.1. The number of fused-ring (bicyclic) bond motifs is 3. The summed E-state index contributed by atoms with van der Waals surface area (Å²) in [6.07, 6.45) is 0.885. The van der Waals surface area contributed by atoms with Crippen LogP contribution in [0.25, 0.3) is 11.1 Å². The number of sulfonamides is 1. The Labute approximate surface area is 178 Å². The van der Waals surface area contributed by atoms with Crippen molar-refractivity contribution in [2.75, 3.05) is 19.4 Å². The third kappa shape index (κ3) is 3.61. The van der Waals surface area contributed by atoms with E-state index >= 15 is 0 Å². The number of halogens is 1. The highest BCUT2D eigenvalue weighted by Crippen LogP contribution is 2.38. The molecule has 0 radical (unpaired) electrons. The van der Waals surface area contributed by atoms with Gasteiger partial charge in [-0.1, -0.05) is 30.3 Å². The zero-order valence-corrected chi connectivity index (χ0v) is 18.3. The Morgan fingerprint density at radius 2 is 1.69 bits per heavy atom. The topological polar surface area (TPSA) is 66.5 Å². The monoisotopic (exact) mass is 470 g/mol. The molecule has 7 heteroatoms. The number of carbonyl (C=O) groups is 1. The van der Waals surface area contributed by atoms with Gasteiger partial charge in [0.25, 0.3) is 5.91 Å². The van der Waals surface area contributed by atoms with E-state index in [2.05, 4.69) is 33.4 Å². The van der Waals surface area contributed by atoms with Gasteiger partial charge in [-0.2, -0.15) is 0 Å². The first-order valence-electron chi connectivity index (χ1n) is 9.02. The summed E-state index contributed by atoms with van der Waals surface area (Å²) < 4.78 is 26.4. The van der Waals surface area contributed by atoms with E-state index in [0.717, 1.165) is 16.3 Å². The summed E-state index contributed by atoms with van der Waals surface area (Å²) in [7, 11) is -0.716. The normalized spacial score (nSPS) is 12.6. The van der Waals surface area contributed by atoms with E-state index in [1.807, 2.05) is 30.3 Å². The summed E-state index contributed by atoms with van der Waals surface area (Å²) in [5.41, 5.74) is 5.71. The first-order chi connectivity index (χ1) is 13.8. The van der Waals surface area contributed by atoms with Crippen molar-refractivity contribution in [2.24, 2.45) is 0 Å². The van der Waals surface area contributed by atoms with E-state index in [-0.39, 0.29) is 16.4 Å². The molecule has 5 nitrogen and oxygen atoms in total. The second kappa shape index (κ2) is 7.40. The lowest BCUT2D eigenvalue weighted by Gasteiger charge is -2.14. The summed E-state index contributed by atoms with van der Waals surface area (Å²) in [6, 6.07) is 18.5. The second-order valence-electron chi connectivity index (χ2n) is 7.09. The minimum atomic E-state index is -3.63. The van der Waals surface area contributed by atoms with Gasteiger partial charge >= 0.3 is 0 Å². The van der Waals surface area contributed by atoms with Gasteiger partial charge in [0, 0.05) is 24.3 Å². The smallest absolute Gasteiger partial charge is 0.256 e. The van der Waals surface area contributed by atoms with Crippen molar-refractivity contribution in [1.29, 1.82) is 0 Å². The molecule has 1 aliphatic rings. The molecule has 0 aliphatic heterocycles. The molecule has 0 bridgehead atoms. The largest absolute Gasteiger partial charge is 0.322 e. The van der Waals surface area contributed by atoms with Gasteiger partial charge in [-0.25, -0.2) is 12.7 Å². The number of anilines is 1. The molecule has 1 N–H and O–H groups in total. The van der Waals surface area contributed by atoms with Crippen LogP contribution < -0.4 is 5.32 Å². The summed E-state index contributed by atoms with van der Waals surface area (Å²) in [5.74, 6) is -0.376. The van der Waals surface area contributed by atoms with Crippen LogP contribution in [0.3, 0.4) is 0 Å². The summed E-state index contributed by atoms with van der Waals surface area (Å²) in [4.78, 5) is 12.9. The van der Waals surface area contributed by atoms with Crippen LogP contribution in [0.15, 0.2) is 70.0 Å². The molecular formula is C22H19BrN2O3S. The summed E-state index contributed by atoms with van der Waals surface area (Å²) in [5, 5.41) is 2.89. The van der Waals surface area contributed by atoms with Crippen LogP contribution in [0, 0.1) is 0 Å². The average molecular weight is 471 g/mol. The van der Waals surface area contributed by atoms with Gasteiger partial charge in [0.1, 0.15) is 0 Å². The first kappa shape index (κ1) is 19.8. The van der Waals surface area contributed by atoms with Gasteiger partial charge in [-0.05, 0) is 74.9 Å². The van der Waals surface area contributed by atoms with E-state index in [9.17, 15) is 13.2 Å². The molecule has 148 valence electrons. The maximum Gasteiger partial charge on any atom is 0.256 e. The number of amides is 1. The van der Waals surface area contributed by atoms with E-state index in [4.69, 9.17) is 0 Å². The van der Waals surface area contributed by atoms with Crippen LogP contribution >= 0.6 is 15.9 Å². The number of hydrogen-bond donors (Lipinski definition) is 1. The molecule has 0 aromatic heterocycles. The molecule has 0 atom stereocenters. The molecule has 4 rings (SSSR count). The number of benzene rings is 3. The van der Waals surface area contributed by atoms with Gasteiger partial charge in [0.2, 0.25) is 10.0 Å². The molecule has 0 heterocycles. The van der Waals surface area contributed by atoms with Crippen LogP contribution in [-0.2, 0) is 16.4 Å². The van der Waals surface area contributed by atoms with Gasteiger partial charge in [0.15, 0.2) is 0 Å². The van der Waals surface area contributed by atoms with Crippen LogP contribution in [-0.4, -0.2) is 32.7 Å². The maximum atomic E-state index is 12.9. The Morgan fingerprint density at radius 1 is 0.966 bits per heavy atom. The van der Waals surface area contributed by atoms with Gasteiger partial charge < -0.3 is 5.32 Å². The van der Waals surface area contributed by atoms with Crippen molar-refractivity contribution < 1.29 is 13.2 Å². The predicted molar refractivity (Wildman–Crippen MR) is 118 cm³/mol. The van der Waals surface area contributed by atoms with E-state index in [1.165, 1.54) is 42.9 Å². The van der Waals surface area contributed by atoms with E-state index in [0.29, 0.717) is 10.2 Å². The highest BCUT2D eigenvalue weighted by molar-refractivity contribution is 9.10. The van der Waals surface area contributed by atoms with Crippen molar-refractivity contribution in [3.8, 4) is 11.1 Å². The lowest BCUT2D eigenvalue weighted by molar-refractivity contribution is 0.102. The van der Waals surface area contributed by atoms with Gasteiger partial charge in [-0.3, -0.25) is 4.79 Å². The molecule has 0 spiro atoms. The molecular weight excluding hydrogens is 452 g/mol. The lowest BCUT2D eigenvalue weighted by atomic mass is 10.1. The Balaban J connectivity index is 1.65. The number of rotatable bonds is 4. The summed E-state index contributed by atoms with van der Waals surface area (Å²) in [6.45, 7) is 0. The highest BCUT2D eigenvalue weighted by atomic mass is 79.9. The van der Waals surface area contributed by atoms with Crippen LogP contribution in [0.2, 0.25) is 0 Å². The number of hydrogen-bond acceptors (Lipinski definition) is 3. The molecule has 3 aromatic rings. The molecule has 0 saturated heterocycles. The minimum absolute atomic E-state index is 0.0683. The van der Waals surface area contributed by atoms with Crippen molar-refractivity contribution in [3.05, 3.63) is 81.8 Å². The fraction of sp³-hybridized carbons (Fsp3) is 0.136. The molecule has 0 saturated carbocycles. The van der Waals surface area contributed by atoms with Gasteiger partial charge in [0.05, 0.1) is 10.5 Å². The maximum absolute atomic E-state index is 12.9. The average Bonchev–Trinajstić information content (AvgIpc) is 3.06. The number of carbonyl (C=O) groups excluding carboxylic acids is 1. The minimum Gasteiger partial charge on any atom is -0.322 e. The highest BCUT2D eigenvalue weighted by Gasteiger charge is 2.22. The van der Waals surface area contributed by atoms with Crippen LogP contribution in [0.4, 0.5) is 5.69 Å². The van der Waals surface area contributed by atoms with Crippen molar-refractivity contribution in [3.63, 3.8) is 0 Å². The zero-order valence-electron chi connectivity index (χ0n) is 15.9. The third-order valence-corrected chi connectivity index (χ3v) is 7.52. The number of nitrogens with one attached hydrogen (secondary N) is 1. The van der Waals surface area contributed by atoms with Crippen LogP contribution in [0.1, 0.15) is 21.5 Å². The summed E-state index contributed by atoms with van der Waals surface area (Å²) >= 11 is 3.35. The lowest BCUT2D eigenvalue weighted by Crippen LogP contribution is -2.23. The van der Waals surface area contributed by atoms with Crippen LogP contribution in [0.5, 0.6) is 0 Å². The van der Waals surface area contributed by atoms with Crippen molar-refractivity contribution >= 4 is 37.5 Å². The molecule has 1 aliphatic carbocycles. The standard InChI is InChI=1S/C22H19BrN2O3S/c1-25(2)29(27,28)17-9-10-21(23)20(13-17)22(26)24-16-8-7-15-11-14-5-3-4-6-18(14)19(15)12-16/h3-10,12-13H,11H2,1-2H3,(H,24,26). The zero-order chi connectivity index (χ0) is 20.8. The fourth-order valence-corrected chi connectivity index (χ4v) is 4.80. The van der Waals surface area contributed by atoms with E-state index < -0.39 is 10.0 Å². The predicted octanol–water partition coefficient (Wildman–Crippen LogP) is 4.52. The number of nitrogens with zero attached hydrogens (tertiary/aromatic N) is 1. The molecule has 0 unspecified atom stereocenters. The SMILES string of the molecule is CN(C)S(=O)(=O)c1ccc(Br)c(C(=O)Nc2ccc3c(c2)-c2ccccc2C3)c1. The quantitative estimate of drug-likeness (QED) is 0.476. The van der Waals surface area contributed by atoms with E-state index in [1.54, 1.807) is 6.07 Å². The fourth-order valence-electron chi connectivity index (χ4n) is 3.45.